The smallest absolute Gasteiger partial charge is 0.147 e. The Balaban J connectivity index is 2.10. The number of thioether (sulfide) groups is 1. The highest BCUT2D eigenvalue weighted by Gasteiger charge is 2.07. The Bertz CT molecular complexity index is 534. The second kappa shape index (κ2) is 5.85. The molecule has 88 valence electrons. The first-order chi connectivity index (χ1) is 8.16. The van der Waals surface area contributed by atoms with Crippen molar-refractivity contribution in [1.29, 1.82) is 0 Å². The summed E-state index contributed by atoms with van der Waals surface area (Å²) in [6, 6.07) is 8.43. The third-order valence-electron chi connectivity index (χ3n) is 2.17. The zero-order valence-corrected chi connectivity index (χ0v) is 12.3. The van der Waals surface area contributed by atoms with Crippen LogP contribution in [0.25, 0.3) is 0 Å². The molecule has 0 saturated heterocycles. The van der Waals surface area contributed by atoms with Gasteiger partial charge in [0.1, 0.15) is 16.5 Å². The van der Waals surface area contributed by atoms with E-state index in [-0.39, 0.29) is 0 Å². The quantitative estimate of drug-likeness (QED) is 0.613. The van der Waals surface area contributed by atoms with Gasteiger partial charge in [-0.15, -0.1) is 11.8 Å². The molecule has 0 aliphatic carbocycles. The molecule has 0 spiro atoms. The maximum atomic E-state index is 5.91. The van der Waals surface area contributed by atoms with E-state index in [2.05, 4.69) is 57.1 Å². The number of hydrogen-bond acceptors (Lipinski definition) is 3. The molecule has 1 aromatic heterocycles. The van der Waals surface area contributed by atoms with E-state index in [0.717, 1.165) is 15.3 Å². The van der Waals surface area contributed by atoms with Crippen molar-refractivity contribution in [2.75, 3.05) is 0 Å². The summed E-state index contributed by atoms with van der Waals surface area (Å²) in [5.41, 5.74) is 2.54. The van der Waals surface area contributed by atoms with Gasteiger partial charge in [-0.1, -0.05) is 41.4 Å². The summed E-state index contributed by atoms with van der Waals surface area (Å²) in [7, 11) is 0. The molecule has 2 nitrogen and oxygen atoms in total. The number of hydrogen-bond donors (Lipinski definition) is 0. The van der Waals surface area contributed by atoms with Crippen LogP contribution in [0, 0.1) is 6.92 Å². The minimum Gasteiger partial charge on any atom is -0.229 e. The maximum absolute atomic E-state index is 5.91. The van der Waals surface area contributed by atoms with Gasteiger partial charge in [0.05, 0.1) is 4.47 Å². The van der Waals surface area contributed by atoms with E-state index in [0.29, 0.717) is 5.15 Å². The van der Waals surface area contributed by atoms with Gasteiger partial charge < -0.3 is 0 Å². The zero-order valence-electron chi connectivity index (χ0n) is 9.15. The maximum Gasteiger partial charge on any atom is 0.147 e. The molecular formula is C12H10BrClN2S. The highest BCUT2D eigenvalue weighted by molar-refractivity contribution is 9.10. The fourth-order valence-electron chi connectivity index (χ4n) is 1.39. The van der Waals surface area contributed by atoms with Crippen molar-refractivity contribution in [2.45, 2.75) is 17.7 Å². The number of nitrogens with zero attached hydrogens (tertiary/aromatic N) is 2. The van der Waals surface area contributed by atoms with Crippen LogP contribution in [-0.2, 0) is 5.75 Å². The van der Waals surface area contributed by atoms with Gasteiger partial charge in [-0.3, -0.25) is 0 Å². The van der Waals surface area contributed by atoms with Gasteiger partial charge in [0, 0.05) is 5.75 Å². The van der Waals surface area contributed by atoms with E-state index in [9.17, 15) is 0 Å². The van der Waals surface area contributed by atoms with Gasteiger partial charge >= 0.3 is 0 Å². The summed E-state index contributed by atoms with van der Waals surface area (Å²) < 4.78 is 0.763. The van der Waals surface area contributed by atoms with E-state index >= 15 is 0 Å². The van der Waals surface area contributed by atoms with Crippen LogP contribution in [0.2, 0.25) is 5.15 Å². The predicted molar refractivity (Wildman–Crippen MR) is 75.5 cm³/mol. The van der Waals surface area contributed by atoms with Crippen LogP contribution in [0.15, 0.2) is 40.1 Å². The van der Waals surface area contributed by atoms with Crippen LogP contribution >= 0.6 is 39.3 Å². The average Bonchev–Trinajstić information content (AvgIpc) is 2.31. The number of aryl methyl sites for hydroxylation is 1. The molecule has 17 heavy (non-hydrogen) atoms. The molecule has 0 radical (unpaired) electrons. The molecule has 0 saturated carbocycles. The summed E-state index contributed by atoms with van der Waals surface area (Å²) in [6.45, 7) is 2.09. The van der Waals surface area contributed by atoms with Crippen LogP contribution in [-0.4, -0.2) is 9.97 Å². The van der Waals surface area contributed by atoms with Crippen molar-refractivity contribution in [3.05, 3.63) is 51.3 Å². The fraction of sp³-hybridized carbons (Fsp3) is 0.167. The van der Waals surface area contributed by atoms with Crippen molar-refractivity contribution in [1.82, 2.24) is 9.97 Å². The summed E-state index contributed by atoms with van der Waals surface area (Å²) in [6.07, 6.45) is 1.48. The van der Waals surface area contributed by atoms with Crippen LogP contribution < -0.4 is 0 Å². The molecule has 1 aromatic carbocycles. The van der Waals surface area contributed by atoms with Crippen LogP contribution in [0.1, 0.15) is 11.1 Å². The minimum atomic E-state index is 0.451. The molecular weight excluding hydrogens is 320 g/mol. The summed E-state index contributed by atoms with van der Waals surface area (Å²) in [4.78, 5) is 8.10. The number of benzene rings is 1. The van der Waals surface area contributed by atoms with E-state index in [1.54, 1.807) is 11.8 Å². The molecule has 0 bridgehead atoms. The molecule has 0 N–H and O–H groups in total. The Labute approximate surface area is 118 Å². The van der Waals surface area contributed by atoms with Crippen LogP contribution in [0.3, 0.4) is 0 Å². The topological polar surface area (TPSA) is 25.8 Å². The van der Waals surface area contributed by atoms with Crippen molar-refractivity contribution in [2.24, 2.45) is 0 Å². The molecule has 0 fully saturated rings. The normalized spacial score (nSPS) is 10.5. The van der Waals surface area contributed by atoms with Crippen molar-refractivity contribution < 1.29 is 0 Å². The third-order valence-corrected chi connectivity index (χ3v) is 4.76. The van der Waals surface area contributed by atoms with Crippen molar-refractivity contribution >= 4 is 39.3 Å². The highest BCUT2D eigenvalue weighted by atomic mass is 79.9. The van der Waals surface area contributed by atoms with Crippen LogP contribution in [0.5, 0.6) is 0 Å². The second-order valence-electron chi connectivity index (χ2n) is 3.56. The minimum absolute atomic E-state index is 0.451. The predicted octanol–water partition coefficient (Wildman–Crippen LogP) is 4.49. The van der Waals surface area contributed by atoms with Gasteiger partial charge in [0.25, 0.3) is 0 Å². The Hall–Kier alpha value is -0.580. The van der Waals surface area contributed by atoms with E-state index in [1.165, 1.54) is 17.5 Å². The first kappa shape index (κ1) is 12.9. The fourth-order valence-corrected chi connectivity index (χ4v) is 2.95. The summed E-state index contributed by atoms with van der Waals surface area (Å²) in [5, 5.41) is 1.32. The Morgan fingerprint density at radius 1 is 1.35 bits per heavy atom. The molecule has 2 rings (SSSR count). The van der Waals surface area contributed by atoms with Gasteiger partial charge in [-0.25, -0.2) is 9.97 Å². The first-order valence-electron chi connectivity index (χ1n) is 5.01. The summed E-state index contributed by atoms with van der Waals surface area (Å²) in [5.74, 6) is 0.869. The molecule has 1 heterocycles. The van der Waals surface area contributed by atoms with E-state index < -0.39 is 0 Å². The lowest BCUT2D eigenvalue weighted by atomic mass is 10.2. The molecule has 0 aliphatic heterocycles. The SMILES string of the molecule is Cc1cccc(CSc2ncnc(Cl)c2Br)c1. The largest absolute Gasteiger partial charge is 0.229 e. The van der Waals surface area contributed by atoms with Gasteiger partial charge in [-0.2, -0.15) is 0 Å². The van der Waals surface area contributed by atoms with E-state index in [4.69, 9.17) is 11.6 Å². The van der Waals surface area contributed by atoms with Gasteiger partial charge in [-0.05, 0) is 28.4 Å². The molecule has 2 aromatic rings. The third kappa shape index (κ3) is 3.44. The average molecular weight is 330 g/mol. The Kier molecular flexibility index (Phi) is 4.42. The van der Waals surface area contributed by atoms with Gasteiger partial charge in [0.15, 0.2) is 0 Å². The molecule has 0 atom stereocenters. The molecule has 0 unspecified atom stereocenters. The Morgan fingerprint density at radius 3 is 2.94 bits per heavy atom. The standard InChI is InChI=1S/C12H10BrClN2S/c1-8-3-2-4-9(5-8)6-17-12-10(13)11(14)15-7-16-12/h2-5,7H,6H2,1H3. The highest BCUT2D eigenvalue weighted by Crippen LogP contribution is 2.31. The number of halogens is 2. The summed E-state index contributed by atoms with van der Waals surface area (Å²) >= 11 is 10.9. The molecule has 0 aliphatic rings. The zero-order chi connectivity index (χ0) is 12.3. The van der Waals surface area contributed by atoms with Crippen molar-refractivity contribution in [3.8, 4) is 0 Å². The Morgan fingerprint density at radius 2 is 2.18 bits per heavy atom. The van der Waals surface area contributed by atoms with Crippen LogP contribution in [0.4, 0.5) is 0 Å². The van der Waals surface area contributed by atoms with E-state index in [1.807, 2.05) is 0 Å². The van der Waals surface area contributed by atoms with Crippen molar-refractivity contribution in [3.63, 3.8) is 0 Å². The lowest BCUT2D eigenvalue weighted by molar-refractivity contribution is 1.02. The van der Waals surface area contributed by atoms with Gasteiger partial charge in [0.2, 0.25) is 0 Å². The lowest BCUT2D eigenvalue weighted by Gasteiger charge is -2.04. The first-order valence-corrected chi connectivity index (χ1v) is 7.17. The number of aromatic nitrogens is 2. The number of rotatable bonds is 3. The molecule has 5 heteroatoms. The monoisotopic (exact) mass is 328 g/mol. The second-order valence-corrected chi connectivity index (χ2v) is 5.68. The molecule has 0 amide bonds. The lowest BCUT2D eigenvalue weighted by Crippen LogP contribution is -1.88.